The summed E-state index contributed by atoms with van der Waals surface area (Å²) in [5, 5.41) is 23.1. The van der Waals surface area contributed by atoms with Crippen molar-refractivity contribution in [3.05, 3.63) is 99.1 Å². The van der Waals surface area contributed by atoms with Gasteiger partial charge in [0.15, 0.2) is 5.88 Å². The number of hydrogen-bond donors (Lipinski definition) is 2. The lowest BCUT2D eigenvalue weighted by Crippen LogP contribution is -2.18. The molecule has 200 valence electrons. The summed E-state index contributed by atoms with van der Waals surface area (Å²) in [5.74, 6) is -0.0592. The number of aromatic nitrogens is 1. The number of benzene rings is 3. The maximum absolute atomic E-state index is 11.5. The number of nitro groups is 1. The number of hydrogen-bond acceptors (Lipinski definition) is 6. The monoisotopic (exact) mass is 523 g/mol. The Morgan fingerprint density at radius 3 is 1.97 bits per heavy atom. The highest BCUT2D eigenvalue weighted by Gasteiger charge is 2.21. The molecule has 8 heteroatoms. The van der Waals surface area contributed by atoms with Crippen molar-refractivity contribution in [3.8, 4) is 5.88 Å². The van der Waals surface area contributed by atoms with E-state index in [1.165, 1.54) is 48.9 Å². The minimum atomic E-state index is -0.420. The summed E-state index contributed by atoms with van der Waals surface area (Å²) < 4.78 is 0. The van der Waals surface area contributed by atoms with Crippen LogP contribution < -0.4 is 0 Å². The van der Waals surface area contributed by atoms with E-state index in [9.17, 15) is 15.2 Å². The molecule has 2 aliphatic rings. The van der Waals surface area contributed by atoms with Crippen molar-refractivity contribution in [1.82, 2.24) is 14.8 Å². The third kappa shape index (κ3) is 5.57. The average Bonchev–Trinajstić information content (AvgIpc) is 3.70. The second kappa shape index (κ2) is 11.0. The summed E-state index contributed by atoms with van der Waals surface area (Å²) in [6.45, 7) is 6.39. The summed E-state index contributed by atoms with van der Waals surface area (Å²) in [4.78, 5) is 24.0. The Morgan fingerprint density at radius 1 is 0.846 bits per heavy atom. The fourth-order valence-electron chi connectivity index (χ4n) is 5.75. The van der Waals surface area contributed by atoms with Crippen LogP contribution in [0.4, 0.5) is 11.4 Å². The van der Waals surface area contributed by atoms with E-state index in [-0.39, 0.29) is 11.6 Å². The predicted octanol–water partition coefficient (Wildman–Crippen LogP) is 6.14. The lowest BCUT2D eigenvalue weighted by Gasteiger charge is -2.15. The summed E-state index contributed by atoms with van der Waals surface area (Å²) in [6, 6.07) is 21.0. The first-order chi connectivity index (χ1) is 19.0. The Kier molecular flexibility index (Phi) is 7.13. The predicted molar refractivity (Wildman–Crippen MR) is 154 cm³/mol. The van der Waals surface area contributed by atoms with Crippen LogP contribution in [0.2, 0.25) is 0 Å². The van der Waals surface area contributed by atoms with Gasteiger partial charge in [-0.2, -0.15) is 0 Å². The molecule has 0 atom stereocenters. The molecule has 0 spiro atoms. The van der Waals surface area contributed by atoms with Crippen LogP contribution >= 0.6 is 0 Å². The molecule has 3 aromatic carbocycles. The number of likely N-dealkylation sites (tertiary alicyclic amines) is 2. The third-order valence-corrected chi connectivity index (χ3v) is 7.82. The van der Waals surface area contributed by atoms with Crippen LogP contribution in [-0.2, 0) is 13.1 Å². The molecule has 2 N–H and O–H groups in total. The Hall–Kier alpha value is -4.01. The lowest BCUT2D eigenvalue weighted by atomic mass is 9.99. The first-order valence-electron chi connectivity index (χ1n) is 13.7. The van der Waals surface area contributed by atoms with E-state index in [1.807, 2.05) is 24.3 Å². The molecule has 0 amide bonds. The maximum atomic E-state index is 11.5. The van der Waals surface area contributed by atoms with Gasteiger partial charge in [0.1, 0.15) is 0 Å². The van der Waals surface area contributed by atoms with Crippen molar-refractivity contribution in [2.75, 3.05) is 26.2 Å². The first kappa shape index (κ1) is 25.3. The number of nitrogens with zero attached hydrogens (tertiary/aromatic N) is 4. The SMILES string of the molecule is O=[N+]([O-])c1ccc2[nH]c(O)c(C(=Nc3ccc(CN4CCCC4)cc3)c3ccc(CN4CCCC4)cc3)c2c1. The largest absolute Gasteiger partial charge is 0.494 e. The summed E-state index contributed by atoms with van der Waals surface area (Å²) in [5.41, 5.74) is 5.68. The van der Waals surface area contributed by atoms with Gasteiger partial charge in [-0.05, 0) is 81.2 Å². The number of nitrogens with one attached hydrogen (secondary N) is 1. The topological polar surface area (TPSA) is 98.0 Å². The van der Waals surface area contributed by atoms with Gasteiger partial charge in [0.25, 0.3) is 5.69 Å². The normalized spacial score (nSPS) is 16.9. The van der Waals surface area contributed by atoms with E-state index >= 15 is 0 Å². The van der Waals surface area contributed by atoms with Crippen molar-refractivity contribution in [1.29, 1.82) is 0 Å². The van der Waals surface area contributed by atoms with E-state index < -0.39 is 4.92 Å². The van der Waals surface area contributed by atoms with Crippen LogP contribution in [0, 0.1) is 10.1 Å². The maximum Gasteiger partial charge on any atom is 0.270 e. The van der Waals surface area contributed by atoms with Gasteiger partial charge in [0, 0.05) is 41.7 Å². The molecule has 0 aliphatic carbocycles. The van der Waals surface area contributed by atoms with Crippen molar-refractivity contribution in [2.45, 2.75) is 38.8 Å². The summed E-state index contributed by atoms with van der Waals surface area (Å²) >= 11 is 0. The van der Waals surface area contributed by atoms with Gasteiger partial charge in [0.05, 0.1) is 21.9 Å². The Labute approximate surface area is 227 Å². The molecular weight excluding hydrogens is 490 g/mol. The minimum Gasteiger partial charge on any atom is -0.494 e. The van der Waals surface area contributed by atoms with E-state index in [0.717, 1.165) is 50.5 Å². The fourth-order valence-corrected chi connectivity index (χ4v) is 5.75. The molecule has 0 radical (unpaired) electrons. The van der Waals surface area contributed by atoms with Gasteiger partial charge in [-0.25, -0.2) is 4.99 Å². The zero-order valence-electron chi connectivity index (χ0n) is 22.0. The lowest BCUT2D eigenvalue weighted by molar-refractivity contribution is -0.384. The molecule has 2 aliphatic heterocycles. The summed E-state index contributed by atoms with van der Waals surface area (Å²) in [7, 11) is 0. The zero-order valence-corrected chi connectivity index (χ0v) is 22.0. The Balaban J connectivity index is 1.39. The van der Waals surface area contributed by atoms with Gasteiger partial charge in [0.2, 0.25) is 0 Å². The number of nitro benzene ring substituents is 1. The van der Waals surface area contributed by atoms with Crippen molar-refractivity contribution >= 4 is 28.0 Å². The molecular formula is C31H33N5O3. The van der Waals surface area contributed by atoms with Crippen molar-refractivity contribution in [2.24, 2.45) is 4.99 Å². The van der Waals surface area contributed by atoms with Gasteiger partial charge < -0.3 is 10.1 Å². The van der Waals surface area contributed by atoms with Gasteiger partial charge in [-0.3, -0.25) is 19.9 Å². The van der Waals surface area contributed by atoms with Crippen LogP contribution in [0.25, 0.3) is 10.9 Å². The van der Waals surface area contributed by atoms with Crippen LogP contribution in [0.15, 0.2) is 71.7 Å². The minimum absolute atomic E-state index is 0.0330. The van der Waals surface area contributed by atoms with Crippen LogP contribution in [0.3, 0.4) is 0 Å². The first-order valence-corrected chi connectivity index (χ1v) is 13.7. The second-order valence-electron chi connectivity index (χ2n) is 10.6. The number of H-pyrrole nitrogens is 1. The number of non-ortho nitro benzene ring substituents is 1. The number of rotatable bonds is 8. The molecule has 2 saturated heterocycles. The quantitative estimate of drug-likeness (QED) is 0.164. The highest BCUT2D eigenvalue weighted by atomic mass is 16.6. The van der Waals surface area contributed by atoms with Crippen molar-refractivity contribution in [3.63, 3.8) is 0 Å². The van der Waals surface area contributed by atoms with E-state index in [4.69, 9.17) is 4.99 Å². The van der Waals surface area contributed by atoms with E-state index in [2.05, 4.69) is 39.0 Å². The molecule has 1 aromatic heterocycles. The summed E-state index contributed by atoms with van der Waals surface area (Å²) in [6.07, 6.45) is 5.01. The van der Waals surface area contributed by atoms with Crippen LogP contribution in [0.5, 0.6) is 5.88 Å². The highest BCUT2D eigenvalue weighted by Crippen LogP contribution is 2.34. The fraction of sp³-hybridized carbons (Fsp3) is 0.323. The molecule has 0 bridgehead atoms. The van der Waals surface area contributed by atoms with Crippen molar-refractivity contribution < 1.29 is 10.0 Å². The molecule has 6 rings (SSSR count). The smallest absolute Gasteiger partial charge is 0.270 e. The number of aromatic hydroxyl groups is 1. The van der Waals surface area contributed by atoms with Gasteiger partial charge >= 0.3 is 0 Å². The third-order valence-electron chi connectivity index (χ3n) is 7.82. The second-order valence-corrected chi connectivity index (χ2v) is 10.6. The average molecular weight is 524 g/mol. The van der Waals surface area contributed by atoms with Gasteiger partial charge in [-0.15, -0.1) is 0 Å². The molecule has 8 nitrogen and oxygen atoms in total. The molecule has 0 saturated carbocycles. The number of fused-ring (bicyclic) bond motifs is 1. The molecule has 3 heterocycles. The standard InChI is InChI=1S/C31H33N5O3/c37-31-29(27-19-26(36(38)39)13-14-28(27)33-31)30(24-9-5-22(6-10-24)20-34-15-1-2-16-34)32-25-11-7-23(8-12-25)21-35-17-3-4-18-35/h5-14,19,33,37H,1-4,15-18,20-21H2. The molecule has 39 heavy (non-hydrogen) atoms. The van der Waals surface area contributed by atoms with Crippen LogP contribution in [0.1, 0.15) is 47.9 Å². The Bertz CT molecular complexity index is 1500. The zero-order chi connectivity index (χ0) is 26.8. The molecule has 0 unspecified atom stereocenters. The van der Waals surface area contributed by atoms with E-state index in [1.54, 1.807) is 6.07 Å². The van der Waals surface area contributed by atoms with E-state index in [0.29, 0.717) is 22.2 Å². The number of aliphatic imine (C=N–C) groups is 1. The molecule has 4 aromatic rings. The van der Waals surface area contributed by atoms with Crippen LogP contribution in [-0.4, -0.2) is 56.7 Å². The highest BCUT2D eigenvalue weighted by molar-refractivity contribution is 6.22. The number of aromatic amines is 1. The van der Waals surface area contributed by atoms with Gasteiger partial charge in [-0.1, -0.05) is 36.4 Å². The molecule has 2 fully saturated rings. The Morgan fingerprint density at radius 2 is 1.41 bits per heavy atom.